The molecule has 2 atom stereocenters. The van der Waals surface area contributed by atoms with Crippen molar-refractivity contribution in [2.45, 2.75) is 45.0 Å². The van der Waals surface area contributed by atoms with Crippen molar-refractivity contribution in [1.82, 2.24) is 4.90 Å². The van der Waals surface area contributed by atoms with Gasteiger partial charge in [-0.05, 0) is 26.3 Å². The number of rotatable bonds is 5. The maximum absolute atomic E-state index is 7.86. The second-order valence-corrected chi connectivity index (χ2v) is 5.84. The minimum Gasteiger partial charge on any atom is -0.377 e. The van der Waals surface area contributed by atoms with Gasteiger partial charge in [-0.1, -0.05) is 30.3 Å². The minimum atomic E-state index is -0.628. The lowest BCUT2D eigenvalue weighted by molar-refractivity contribution is -0.155. The van der Waals surface area contributed by atoms with Crippen LogP contribution in [0.5, 0.6) is 0 Å². The van der Waals surface area contributed by atoms with Crippen molar-refractivity contribution < 1.29 is 10.8 Å². The van der Waals surface area contributed by atoms with Gasteiger partial charge >= 0.3 is 0 Å². The van der Waals surface area contributed by atoms with E-state index in [4.69, 9.17) is 18.7 Å². The molecule has 2 radical (unpaired) electrons. The van der Waals surface area contributed by atoms with Crippen LogP contribution in [0.1, 0.15) is 27.7 Å². The number of ether oxygens (including phenoxy) is 2. The number of hydrogen-bond donors (Lipinski definition) is 0. The summed E-state index contributed by atoms with van der Waals surface area (Å²) in [5.41, 5.74) is 0.495. The van der Waals surface area contributed by atoms with Gasteiger partial charge in [-0.3, -0.25) is 4.90 Å². The van der Waals surface area contributed by atoms with Gasteiger partial charge in [-0.25, -0.2) is 0 Å². The Hall–Kier alpha value is -0.835. The van der Waals surface area contributed by atoms with E-state index in [2.05, 4.69) is 18.7 Å². The Morgan fingerprint density at radius 1 is 1.50 bits per heavy atom. The topological polar surface area (TPSA) is 21.7 Å². The highest BCUT2D eigenvalue weighted by molar-refractivity contribution is 6.11. The van der Waals surface area contributed by atoms with Crippen LogP contribution in [0.3, 0.4) is 0 Å². The molecule has 1 heterocycles. The van der Waals surface area contributed by atoms with E-state index >= 15 is 0 Å². The average molecular weight is 274 g/mol. The molecular weight excluding hydrogens is 249 g/mol. The first-order valence-corrected chi connectivity index (χ1v) is 7.13. The zero-order valence-corrected chi connectivity index (χ0v) is 12.4. The van der Waals surface area contributed by atoms with E-state index in [1.54, 1.807) is 0 Å². The first-order valence-electron chi connectivity index (χ1n) is 7.84. The molecule has 2 rings (SSSR count). The Balaban J connectivity index is 1.93. The van der Waals surface area contributed by atoms with Crippen molar-refractivity contribution in [1.29, 1.82) is 0 Å². The summed E-state index contributed by atoms with van der Waals surface area (Å²) in [6.07, 6.45) is 0. The molecule has 108 valence electrons. The molecule has 0 N–H and O–H groups in total. The average Bonchev–Trinajstić information content (AvgIpc) is 2.47. The molecule has 1 aliphatic rings. The predicted octanol–water partition coefficient (Wildman–Crippen LogP) is 2.20. The molecule has 1 fully saturated rings. The summed E-state index contributed by atoms with van der Waals surface area (Å²) in [7, 11) is 5.99. The lowest BCUT2D eigenvalue weighted by atomic mass is 9.93. The van der Waals surface area contributed by atoms with Crippen LogP contribution in [0, 0.1) is 0 Å². The summed E-state index contributed by atoms with van der Waals surface area (Å²) < 4.78 is 19.5. The SMILES string of the molecule is [2H]C[C@@]1(COCc2ccccc2)CN(C(C)C)C[C@H]([B])O1. The van der Waals surface area contributed by atoms with Crippen molar-refractivity contribution >= 4 is 7.85 Å². The van der Waals surface area contributed by atoms with Gasteiger partial charge in [-0.2, -0.15) is 0 Å². The van der Waals surface area contributed by atoms with Crippen LogP contribution in [0.15, 0.2) is 30.3 Å². The Labute approximate surface area is 125 Å². The summed E-state index contributed by atoms with van der Waals surface area (Å²) in [5, 5.41) is 0. The smallest absolute Gasteiger partial charge is 0.110 e. The first-order chi connectivity index (χ1) is 10.0. The van der Waals surface area contributed by atoms with Crippen molar-refractivity contribution in [3.63, 3.8) is 0 Å². The molecule has 3 nitrogen and oxygen atoms in total. The van der Waals surface area contributed by atoms with Gasteiger partial charge in [0.2, 0.25) is 0 Å². The first kappa shape index (κ1) is 14.1. The normalized spacial score (nSPS) is 28.6. The van der Waals surface area contributed by atoms with Crippen molar-refractivity contribution in [3.05, 3.63) is 35.9 Å². The van der Waals surface area contributed by atoms with Gasteiger partial charge < -0.3 is 9.47 Å². The highest BCUT2D eigenvalue weighted by atomic mass is 16.5. The Morgan fingerprint density at radius 2 is 2.25 bits per heavy atom. The maximum Gasteiger partial charge on any atom is 0.110 e. The monoisotopic (exact) mass is 274 g/mol. The zero-order valence-electron chi connectivity index (χ0n) is 13.4. The van der Waals surface area contributed by atoms with Crippen LogP contribution in [-0.4, -0.2) is 50.1 Å². The quantitative estimate of drug-likeness (QED) is 0.768. The lowest BCUT2D eigenvalue weighted by Crippen LogP contribution is -2.58. The Kier molecular flexibility index (Phi) is 4.76. The summed E-state index contributed by atoms with van der Waals surface area (Å²) in [6.45, 7) is 6.74. The second kappa shape index (κ2) is 6.75. The van der Waals surface area contributed by atoms with E-state index in [1.807, 2.05) is 30.3 Å². The zero-order chi connectivity index (χ0) is 15.3. The highest BCUT2D eigenvalue weighted by Gasteiger charge is 2.36. The Bertz CT molecular complexity index is 432. The van der Waals surface area contributed by atoms with Gasteiger partial charge in [0.25, 0.3) is 0 Å². The molecule has 1 aromatic rings. The van der Waals surface area contributed by atoms with E-state index in [9.17, 15) is 0 Å². The summed E-state index contributed by atoms with van der Waals surface area (Å²) in [4.78, 5) is 2.26. The van der Waals surface area contributed by atoms with Gasteiger partial charge in [-0.15, -0.1) is 0 Å². The van der Waals surface area contributed by atoms with Crippen molar-refractivity contribution in [3.8, 4) is 0 Å². The van der Waals surface area contributed by atoms with Gasteiger partial charge in [0.15, 0.2) is 0 Å². The summed E-state index contributed by atoms with van der Waals surface area (Å²) in [5.74, 6) is 0. The standard InChI is InChI=1S/C16H24BNO2/c1-13(2)18-9-15(17)20-16(3,11-18)12-19-10-14-7-5-4-6-8-14/h4-8,13,15H,9-12H2,1-3H3/t15-,16+/m1/s1/i3D. The minimum absolute atomic E-state index is 0.151. The third-order valence-electron chi connectivity index (χ3n) is 3.51. The molecule has 0 aliphatic carbocycles. The fourth-order valence-corrected chi connectivity index (χ4v) is 2.46. The molecule has 0 aromatic heterocycles. The van der Waals surface area contributed by atoms with Crippen LogP contribution in [0.2, 0.25) is 0 Å². The van der Waals surface area contributed by atoms with E-state index in [0.29, 0.717) is 32.3 Å². The predicted molar refractivity (Wildman–Crippen MR) is 81.8 cm³/mol. The number of morpholine rings is 1. The molecule has 1 aromatic carbocycles. The van der Waals surface area contributed by atoms with Crippen molar-refractivity contribution in [2.75, 3.05) is 19.7 Å². The van der Waals surface area contributed by atoms with Gasteiger partial charge in [0.1, 0.15) is 13.4 Å². The fourth-order valence-electron chi connectivity index (χ4n) is 2.46. The number of hydrogen-bond acceptors (Lipinski definition) is 3. The molecule has 20 heavy (non-hydrogen) atoms. The maximum atomic E-state index is 7.86. The van der Waals surface area contributed by atoms with Crippen molar-refractivity contribution in [2.24, 2.45) is 0 Å². The number of nitrogens with zero attached hydrogens (tertiary/aromatic N) is 1. The molecule has 1 saturated heterocycles. The molecule has 4 heteroatoms. The third-order valence-corrected chi connectivity index (χ3v) is 3.51. The molecule has 0 spiro atoms. The van der Waals surface area contributed by atoms with Gasteiger partial charge in [0, 0.05) is 26.5 Å². The van der Waals surface area contributed by atoms with E-state index in [1.165, 1.54) is 0 Å². The third kappa shape index (κ3) is 4.34. The van der Waals surface area contributed by atoms with E-state index in [0.717, 1.165) is 5.56 Å². The molecule has 1 aliphatic heterocycles. The number of benzene rings is 1. The van der Waals surface area contributed by atoms with Crippen LogP contribution < -0.4 is 0 Å². The molecule has 0 amide bonds. The lowest BCUT2D eigenvalue weighted by Gasteiger charge is -2.45. The molecule has 0 bridgehead atoms. The van der Waals surface area contributed by atoms with Gasteiger partial charge in [0.05, 0.1) is 13.2 Å². The van der Waals surface area contributed by atoms with Crippen LogP contribution in [-0.2, 0) is 16.1 Å². The molecular formula is C16H24BNO2. The summed E-state index contributed by atoms with van der Waals surface area (Å²) in [6, 6.07) is 10.1. The largest absolute Gasteiger partial charge is 0.377 e. The van der Waals surface area contributed by atoms with Crippen LogP contribution in [0.4, 0.5) is 0 Å². The van der Waals surface area contributed by atoms with Crippen LogP contribution >= 0.6 is 0 Å². The Morgan fingerprint density at radius 3 is 2.90 bits per heavy atom. The molecule has 0 saturated carbocycles. The molecule has 0 unspecified atom stereocenters. The second-order valence-electron chi connectivity index (χ2n) is 5.84. The van der Waals surface area contributed by atoms with Crippen LogP contribution in [0.25, 0.3) is 0 Å². The fraction of sp³-hybridized carbons (Fsp3) is 0.625. The van der Waals surface area contributed by atoms with E-state index < -0.39 is 5.60 Å². The summed E-state index contributed by atoms with van der Waals surface area (Å²) >= 11 is 0. The highest BCUT2D eigenvalue weighted by Crippen LogP contribution is 2.23. The van der Waals surface area contributed by atoms with E-state index in [-0.39, 0.29) is 12.9 Å².